The van der Waals surface area contributed by atoms with E-state index >= 15 is 0 Å². The Kier molecular flexibility index (Phi) is 4.62. The number of aromatic nitrogens is 1. The molecule has 3 heterocycles. The number of likely N-dealkylation sites (tertiary alicyclic amines) is 1. The molecule has 6 nitrogen and oxygen atoms in total. The highest BCUT2D eigenvalue weighted by Gasteiger charge is 2.72. The molecule has 3 aliphatic rings. The number of rotatable bonds is 6. The summed E-state index contributed by atoms with van der Waals surface area (Å²) >= 11 is 1.58. The second kappa shape index (κ2) is 7.06. The summed E-state index contributed by atoms with van der Waals surface area (Å²) in [6.07, 6.45) is 1.92. The van der Waals surface area contributed by atoms with Gasteiger partial charge in [0, 0.05) is 38.1 Å². The lowest BCUT2D eigenvalue weighted by molar-refractivity contribution is -0.143. The van der Waals surface area contributed by atoms with Gasteiger partial charge in [0.2, 0.25) is 11.8 Å². The largest absolute Gasteiger partial charge is 0.353 e. The molecule has 29 heavy (non-hydrogen) atoms. The minimum Gasteiger partial charge on any atom is -0.353 e. The summed E-state index contributed by atoms with van der Waals surface area (Å²) < 4.78 is 5.92. The van der Waals surface area contributed by atoms with E-state index in [9.17, 15) is 9.59 Å². The third-order valence-corrected chi connectivity index (χ3v) is 7.84. The highest BCUT2D eigenvalue weighted by atomic mass is 32.1. The fourth-order valence-electron chi connectivity index (χ4n) is 5.11. The van der Waals surface area contributed by atoms with Crippen molar-refractivity contribution < 1.29 is 9.59 Å². The minimum atomic E-state index is -0.104. The van der Waals surface area contributed by atoms with Gasteiger partial charge in [-0.05, 0) is 48.5 Å². The van der Waals surface area contributed by atoms with Gasteiger partial charge in [0.05, 0.1) is 16.5 Å². The van der Waals surface area contributed by atoms with Gasteiger partial charge in [-0.25, -0.2) is 0 Å². The van der Waals surface area contributed by atoms with E-state index in [0.717, 1.165) is 51.4 Å². The summed E-state index contributed by atoms with van der Waals surface area (Å²) in [5.41, 5.74) is -0.104. The quantitative estimate of drug-likeness (QED) is 0.539. The Hall–Kier alpha value is -1.99. The Balaban J connectivity index is 1.06. The van der Waals surface area contributed by atoms with E-state index in [4.69, 9.17) is 0 Å². The molecule has 2 aromatic rings. The number of unbranched alkanes of at least 4 members (excludes halogenated alkanes) is 1. The molecule has 0 unspecified atom stereocenters. The molecule has 1 aliphatic carbocycles. The molecule has 2 amide bonds. The van der Waals surface area contributed by atoms with Crippen LogP contribution in [-0.2, 0) is 9.59 Å². The first kappa shape index (κ1) is 19.0. The molecule has 3 fully saturated rings. The summed E-state index contributed by atoms with van der Waals surface area (Å²) in [5, 5.41) is 1.26. The van der Waals surface area contributed by atoms with E-state index in [-0.39, 0.29) is 29.1 Å². The zero-order valence-electron chi connectivity index (χ0n) is 17.1. The lowest BCUT2D eigenvalue weighted by Crippen LogP contribution is -2.47. The second-order valence-corrected chi connectivity index (χ2v) is 9.95. The van der Waals surface area contributed by atoms with E-state index in [0.29, 0.717) is 6.54 Å². The maximum Gasteiger partial charge on any atom is 0.233 e. The number of imide groups is 1. The molecule has 2 atom stereocenters. The Labute approximate surface area is 175 Å². The van der Waals surface area contributed by atoms with Crippen LogP contribution in [-0.4, -0.2) is 65.3 Å². The van der Waals surface area contributed by atoms with Crippen molar-refractivity contribution >= 4 is 39.3 Å². The maximum atomic E-state index is 12.4. The molecule has 0 radical (unpaired) electrons. The highest BCUT2D eigenvalue weighted by Crippen LogP contribution is 2.63. The fraction of sp³-hybridized carbons (Fsp3) is 0.591. The van der Waals surface area contributed by atoms with E-state index in [1.807, 2.05) is 13.8 Å². The van der Waals surface area contributed by atoms with Crippen LogP contribution < -0.4 is 4.90 Å². The van der Waals surface area contributed by atoms with Gasteiger partial charge in [0.25, 0.3) is 0 Å². The Morgan fingerprint density at radius 2 is 1.66 bits per heavy atom. The van der Waals surface area contributed by atoms with Crippen LogP contribution in [0.1, 0.15) is 26.7 Å². The molecule has 2 aliphatic heterocycles. The first-order valence-electron chi connectivity index (χ1n) is 10.7. The topological polar surface area (TPSA) is 56.8 Å². The molecule has 7 heteroatoms. The normalized spacial score (nSPS) is 26.4. The van der Waals surface area contributed by atoms with Crippen LogP contribution in [0.5, 0.6) is 0 Å². The molecule has 0 bridgehead atoms. The van der Waals surface area contributed by atoms with Gasteiger partial charge < -0.3 is 4.90 Å². The van der Waals surface area contributed by atoms with Crippen molar-refractivity contribution in [3.8, 4) is 0 Å². The number of benzene rings is 1. The molecule has 154 valence electrons. The summed E-state index contributed by atoms with van der Waals surface area (Å²) in [6.45, 7) is 9.74. The van der Waals surface area contributed by atoms with Crippen molar-refractivity contribution in [2.45, 2.75) is 26.7 Å². The first-order valence-corrected chi connectivity index (χ1v) is 11.4. The SMILES string of the molecule is CC1(C)[C@@H]2C(=O)N(CCCCN3CCN(c4nsc5ccccc45)CC3)C(=O)[C@@H]21. The van der Waals surface area contributed by atoms with Crippen LogP contribution in [0, 0.1) is 17.3 Å². The van der Waals surface area contributed by atoms with Gasteiger partial charge in [-0.2, -0.15) is 4.37 Å². The number of amides is 2. The van der Waals surface area contributed by atoms with Crippen molar-refractivity contribution in [2.24, 2.45) is 17.3 Å². The average molecular weight is 413 g/mol. The molecule has 0 spiro atoms. The third kappa shape index (κ3) is 3.15. The number of carbonyl (C=O) groups excluding carboxylic acids is 2. The van der Waals surface area contributed by atoms with Crippen molar-refractivity contribution in [3.63, 3.8) is 0 Å². The van der Waals surface area contributed by atoms with Crippen LogP contribution in [0.25, 0.3) is 10.1 Å². The molecule has 2 saturated heterocycles. The summed E-state index contributed by atoms with van der Waals surface area (Å²) in [7, 11) is 0. The van der Waals surface area contributed by atoms with Crippen LogP contribution in [0.4, 0.5) is 5.82 Å². The monoisotopic (exact) mass is 412 g/mol. The Morgan fingerprint density at radius 1 is 1.00 bits per heavy atom. The zero-order valence-corrected chi connectivity index (χ0v) is 18.0. The van der Waals surface area contributed by atoms with Gasteiger partial charge in [-0.1, -0.05) is 26.0 Å². The maximum absolute atomic E-state index is 12.4. The van der Waals surface area contributed by atoms with Crippen molar-refractivity contribution in [2.75, 3.05) is 44.2 Å². The predicted molar refractivity (Wildman–Crippen MR) is 115 cm³/mol. The zero-order chi connectivity index (χ0) is 20.2. The number of hydrogen-bond acceptors (Lipinski definition) is 6. The molecule has 0 N–H and O–H groups in total. The second-order valence-electron chi connectivity index (χ2n) is 9.14. The minimum absolute atomic E-state index is 0.0510. The van der Waals surface area contributed by atoms with Gasteiger partial charge in [0.15, 0.2) is 0 Å². The Bertz CT molecular complexity index is 923. The van der Waals surface area contributed by atoms with Crippen molar-refractivity contribution in [3.05, 3.63) is 24.3 Å². The number of nitrogens with zero attached hydrogens (tertiary/aromatic N) is 4. The van der Waals surface area contributed by atoms with Crippen molar-refractivity contribution in [1.82, 2.24) is 14.2 Å². The van der Waals surface area contributed by atoms with Gasteiger partial charge in [0.1, 0.15) is 5.82 Å². The number of carbonyl (C=O) groups is 2. The van der Waals surface area contributed by atoms with Crippen LogP contribution in [0.3, 0.4) is 0 Å². The third-order valence-electron chi connectivity index (χ3n) is 7.03. The number of piperazine rings is 1. The van der Waals surface area contributed by atoms with Crippen LogP contribution >= 0.6 is 11.5 Å². The van der Waals surface area contributed by atoms with Gasteiger partial charge in [-0.3, -0.25) is 19.4 Å². The van der Waals surface area contributed by atoms with Gasteiger partial charge >= 0.3 is 0 Å². The molecule has 1 aromatic heterocycles. The Morgan fingerprint density at radius 3 is 2.38 bits per heavy atom. The predicted octanol–water partition coefficient (Wildman–Crippen LogP) is 2.84. The molecule has 1 aromatic carbocycles. The molecular formula is C22H28N4O2S. The smallest absolute Gasteiger partial charge is 0.233 e. The van der Waals surface area contributed by atoms with E-state index in [1.165, 1.54) is 15.0 Å². The average Bonchev–Trinajstić information content (AvgIpc) is 3.00. The van der Waals surface area contributed by atoms with Gasteiger partial charge in [-0.15, -0.1) is 0 Å². The number of hydrogen-bond donors (Lipinski definition) is 0. The molecule has 5 rings (SSSR count). The number of piperidine rings is 1. The highest BCUT2D eigenvalue weighted by molar-refractivity contribution is 7.13. The standard InChI is InChI=1S/C22H28N4O2S/c1-22(2)17-18(22)21(28)26(20(17)27)10-6-5-9-24-11-13-25(14-12-24)19-15-7-3-4-8-16(15)29-23-19/h3-4,7-8,17-18H,5-6,9-14H2,1-2H3/t17-,18+. The molecular weight excluding hydrogens is 384 g/mol. The number of fused-ring (bicyclic) bond motifs is 2. The van der Waals surface area contributed by atoms with Crippen molar-refractivity contribution in [1.29, 1.82) is 0 Å². The van der Waals surface area contributed by atoms with Crippen LogP contribution in [0.2, 0.25) is 0 Å². The summed E-state index contributed by atoms with van der Waals surface area (Å²) in [4.78, 5) is 31.2. The lowest BCUT2D eigenvalue weighted by atomic mass is 10.1. The number of anilines is 1. The van der Waals surface area contributed by atoms with E-state index in [1.54, 1.807) is 11.5 Å². The molecule has 1 saturated carbocycles. The van der Waals surface area contributed by atoms with Crippen LogP contribution in [0.15, 0.2) is 24.3 Å². The fourth-order valence-corrected chi connectivity index (χ4v) is 5.91. The van der Waals surface area contributed by atoms with E-state index in [2.05, 4.69) is 38.4 Å². The first-order chi connectivity index (χ1) is 14.0. The van der Waals surface area contributed by atoms with E-state index < -0.39 is 0 Å². The summed E-state index contributed by atoms with van der Waals surface area (Å²) in [6, 6.07) is 8.44. The summed E-state index contributed by atoms with van der Waals surface area (Å²) in [5.74, 6) is 1.15. The lowest BCUT2D eigenvalue weighted by Gasteiger charge is -2.35.